The van der Waals surface area contributed by atoms with Crippen LogP contribution in [0.25, 0.3) is 0 Å². The lowest BCUT2D eigenvalue weighted by molar-refractivity contribution is 0.187. The lowest BCUT2D eigenvalue weighted by atomic mass is 10.1. The van der Waals surface area contributed by atoms with Crippen molar-refractivity contribution in [3.8, 4) is 0 Å². The molecule has 1 aromatic heterocycles. The summed E-state index contributed by atoms with van der Waals surface area (Å²) in [7, 11) is 0. The van der Waals surface area contributed by atoms with E-state index in [0.717, 1.165) is 11.4 Å². The number of hydrogen-bond acceptors (Lipinski definition) is 3. The molecule has 0 saturated heterocycles. The molecule has 1 heterocycles. The Kier molecular flexibility index (Phi) is 2.97. The van der Waals surface area contributed by atoms with E-state index in [9.17, 15) is 0 Å². The topological polar surface area (TPSA) is 64.1 Å². The van der Waals surface area contributed by atoms with Crippen molar-refractivity contribution in [3.05, 3.63) is 17.0 Å². The Balaban J connectivity index is 2.93. The highest BCUT2D eigenvalue weighted by atomic mass is 16.3. The average Bonchev–Trinajstić information content (AvgIpc) is 2.33. The first-order valence-corrected chi connectivity index (χ1v) is 4.78. The number of aryl methyl sites for hydroxylation is 1. The summed E-state index contributed by atoms with van der Waals surface area (Å²) in [6, 6.07) is 0. The Labute approximate surface area is 84.7 Å². The monoisotopic (exact) mass is 197 g/mol. The fraction of sp³-hybridized carbons (Fsp3) is 0.700. The van der Waals surface area contributed by atoms with Gasteiger partial charge in [-0.3, -0.25) is 4.68 Å². The molecular formula is C10H19N3O. The highest BCUT2D eigenvalue weighted by Gasteiger charge is 2.20. The van der Waals surface area contributed by atoms with Gasteiger partial charge in [0.25, 0.3) is 0 Å². The van der Waals surface area contributed by atoms with Crippen LogP contribution < -0.4 is 5.73 Å². The Morgan fingerprint density at radius 3 is 2.36 bits per heavy atom. The minimum Gasteiger partial charge on any atom is -0.394 e. The summed E-state index contributed by atoms with van der Waals surface area (Å²) < 4.78 is 1.86. The molecule has 0 aliphatic heterocycles. The molecule has 0 aliphatic carbocycles. The molecule has 3 N–H and O–H groups in total. The maximum atomic E-state index is 9.06. The molecule has 4 nitrogen and oxygen atoms in total. The molecule has 14 heavy (non-hydrogen) atoms. The lowest BCUT2D eigenvalue weighted by Gasteiger charge is -2.22. The van der Waals surface area contributed by atoms with Crippen molar-refractivity contribution in [1.29, 1.82) is 0 Å². The maximum Gasteiger partial charge on any atom is 0.0626 e. The Bertz CT molecular complexity index is 328. The number of aliphatic hydroxyl groups excluding tert-OH is 1. The molecule has 1 rings (SSSR count). The predicted octanol–water partition coefficient (Wildman–Crippen LogP) is 0.518. The minimum atomic E-state index is -0.602. The van der Waals surface area contributed by atoms with Gasteiger partial charge in [-0.25, -0.2) is 0 Å². The van der Waals surface area contributed by atoms with Crippen LogP contribution in [-0.4, -0.2) is 27.0 Å². The standard InChI is InChI=1S/C10H19N3O/c1-7-8(2)12-13(9(7)3)5-10(4,11)6-14/h14H,5-6,11H2,1-4H3. The van der Waals surface area contributed by atoms with Gasteiger partial charge in [0.15, 0.2) is 0 Å². The highest BCUT2D eigenvalue weighted by Crippen LogP contribution is 2.13. The molecule has 1 aromatic rings. The molecule has 0 bridgehead atoms. The van der Waals surface area contributed by atoms with Gasteiger partial charge < -0.3 is 10.8 Å². The summed E-state index contributed by atoms with van der Waals surface area (Å²) in [6.45, 7) is 8.36. The summed E-state index contributed by atoms with van der Waals surface area (Å²) in [5.41, 5.74) is 8.60. The van der Waals surface area contributed by atoms with Gasteiger partial charge in [0.2, 0.25) is 0 Å². The Hall–Kier alpha value is -0.870. The molecule has 0 spiro atoms. The van der Waals surface area contributed by atoms with E-state index in [1.807, 2.05) is 32.4 Å². The molecule has 0 aromatic carbocycles. The van der Waals surface area contributed by atoms with E-state index in [1.54, 1.807) is 0 Å². The van der Waals surface area contributed by atoms with Crippen LogP contribution in [0, 0.1) is 20.8 Å². The van der Waals surface area contributed by atoms with Crippen molar-refractivity contribution in [1.82, 2.24) is 9.78 Å². The zero-order valence-corrected chi connectivity index (χ0v) is 9.33. The molecule has 1 atom stereocenters. The van der Waals surface area contributed by atoms with Crippen LogP contribution in [0.2, 0.25) is 0 Å². The fourth-order valence-corrected chi connectivity index (χ4v) is 1.33. The normalized spacial score (nSPS) is 15.6. The molecule has 0 amide bonds. The molecule has 1 unspecified atom stereocenters. The zero-order valence-electron chi connectivity index (χ0n) is 9.33. The van der Waals surface area contributed by atoms with Gasteiger partial charge in [0.05, 0.1) is 24.4 Å². The molecule has 4 heteroatoms. The lowest BCUT2D eigenvalue weighted by Crippen LogP contribution is -2.44. The van der Waals surface area contributed by atoms with Crippen molar-refractivity contribution >= 4 is 0 Å². The van der Waals surface area contributed by atoms with E-state index in [0.29, 0.717) is 6.54 Å². The number of aromatic nitrogens is 2. The molecule has 0 fully saturated rings. The Morgan fingerprint density at radius 2 is 2.00 bits per heavy atom. The van der Waals surface area contributed by atoms with Crippen molar-refractivity contribution in [2.24, 2.45) is 5.73 Å². The van der Waals surface area contributed by atoms with Gasteiger partial charge in [0.1, 0.15) is 0 Å². The third-order valence-electron chi connectivity index (χ3n) is 2.62. The van der Waals surface area contributed by atoms with Gasteiger partial charge in [-0.15, -0.1) is 0 Å². The van der Waals surface area contributed by atoms with Crippen LogP contribution in [0.3, 0.4) is 0 Å². The van der Waals surface area contributed by atoms with Gasteiger partial charge >= 0.3 is 0 Å². The molecule has 0 aliphatic rings. The van der Waals surface area contributed by atoms with E-state index in [1.165, 1.54) is 5.56 Å². The quantitative estimate of drug-likeness (QED) is 0.742. The molecular weight excluding hydrogens is 178 g/mol. The molecule has 0 saturated carbocycles. The zero-order chi connectivity index (χ0) is 10.9. The number of rotatable bonds is 3. The smallest absolute Gasteiger partial charge is 0.0626 e. The Morgan fingerprint density at radius 1 is 1.43 bits per heavy atom. The van der Waals surface area contributed by atoms with E-state index in [2.05, 4.69) is 5.10 Å². The molecule has 80 valence electrons. The predicted molar refractivity (Wildman–Crippen MR) is 56.1 cm³/mol. The van der Waals surface area contributed by atoms with Crippen LogP contribution in [0.1, 0.15) is 23.9 Å². The summed E-state index contributed by atoms with van der Waals surface area (Å²) in [5.74, 6) is 0. The summed E-state index contributed by atoms with van der Waals surface area (Å²) >= 11 is 0. The number of nitrogens with two attached hydrogens (primary N) is 1. The first-order valence-electron chi connectivity index (χ1n) is 4.78. The van der Waals surface area contributed by atoms with Gasteiger partial charge in [-0.1, -0.05) is 0 Å². The summed E-state index contributed by atoms with van der Waals surface area (Å²) in [5, 5.41) is 13.4. The van der Waals surface area contributed by atoms with Gasteiger partial charge in [-0.05, 0) is 33.3 Å². The van der Waals surface area contributed by atoms with Crippen LogP contribution in [0.15, 0.2) is 0 Å². The summed E-state index contributed by atoms with van der Waals surface area (Å²) in [6.07, 6.45) is 0. The fourth-order valence-electron chi connectivity index (χ4n) is 1.33. The third-order valence-corrected chi connectivity index (χ3v) is 2.62. The summed E-state index contributed by atoms with van der Waals surface area (Å²) in [4.78, 5) is 0. The van der Waals surface area contributed by atoms with Crippen LogP contribution in [-0.2, 0) is 6.54 Å². The maximum absolute atomic E-state index is 9.06. The SMILES string of the molecule is Cc1nn(CC(C)(N)CO)c(C)c1C. The van der Waals surface area contributed by atoms with Gasteiger partial charge in [-0.2, -0.15) is 5.10 Å². The van der Waals surface area contributed by atoms with Crippen LogP contribution in [0.5, 0.6) is 0 Å². The van der Waals surface area contributed by atoms with E-state index < -0.39 is 5.54 Å². The second-order valence-electron chi connectivity index (χ2n) is 4.27. The number of nitrogens with zero attached hydrogens (tertiary/aromatic N) is 2. The first kappa shape index (κ1) is 11.2. The highest BCUT2D eigenvalue weighted by molar-refractivity contribution is 5.22. The van der Waals surface area contributed by atoms with Crippen molar-refractivity contribution < 1.29 is 5.11 Å². The number of aliphatic hydroxyl groups is 1. The van der Waals surface area contributed by atoms with Crippen molar-refractivity contribution in [3.63, 3.8) is 0 Å². The second kappa shape index (κ2) is 3.71. The van der Waals surface area contributed by atoms with Crippen LogP contribution in [0.4, 0.5) is 0 Å². The third kappa shape index (κ3) is 2.13. The minimum absolute atomic E-state index is 0.0373. The first-order chi connectivity index (χ1) is 6.37. The van der Waals surface area contributed by atoms with E-state index >= 15 is 0 Å². The second-order valence-corrected chi connectivity index (χ2v) is 4.27. The molecule has 0 radical (unpaired) electrons. The number of hydrogen-bond donors (Lipinski definition) is 2. The largest absolute Gasteiger partial charge is 0.394 e. The van der Waals surface area contributed by atoms with Gasteiger partial charge in [0, 0.05) is 5.69 Å². The van der Waals surface area contributed by atoms with Crippen molar-refractivity contribution in [2.45, 2.75) is 39.8 Å². The average molecular weight is 197 g/mol. The van der Waals surface area contributed by atoms with Crippen LogP contribution >= 0.6 is 0 Å². The van der Waals surface area contributed by atoms with Crippen molar-refractivity contribution in [2.75, 3.05) is 6.61 Å². The van der Waals surface area contributed by atoms with E-state index in [4.69, 9.17) is 10.8 Å². The van der Waals surface area contributed by atoms with E-state index in [-0.39, 0.29) is 6.61 Å².